The number of nitrogens with zero attached hydrogens (tertiary/aromatic N) is 8. The number of carbonyl (C=O) groups is 2. The molecule has 4 heterocycles. The van der Waals surface area contributed by atoms with Crippen molar-refractivity contribution in [2.75, 3.05) is 29.4 Å². The molecule has 0 aliphatic carbocycles. The Labute approximate surface area is 297 Å². The molecule has 0 saturated carbocycles. The molecule has 2 saturated heterocycles. The first-order chi connectivity index (χ1) is 24.2. The number of aromatic nitrogens is 4. The number of amides is 4. The van der Waals surface area contributed by atoms with E-state index in [1.165, 1.54) is 24.3 Å². The highest BCUT2D eigenvalue weighted by atomic mass is 19.1. The Morgan fingerprint density at radius 3 is 1.35 bits per heavy atom. The minimum atomic E-state index is -0.295. The van der Waals surface area contributed by atoms with Gasteiger partial charge in [0.2, 0.25) is 11.9 Å². The van der Waals surface area contributed by atoms with Crippen LogP contribution < -0.4 is 9.80 Å². The first-order valence-corrected chi connectivity index (χ1v) is 16.6. The van der Waals surface area contributed by atoms with Crippen LogP contribution in [-0.4, -0.2) is 78.6 Å². The lowest BCUT2D eigenvalue weighted by atomic mass is 10.0. The van der Waals surface area contributed by atoms with E-state index < -0.39 is 0 Å². The standard InChI is InChI=1S/C20H21FN4O.C19H19FN4O/c1-14(2)25-19(26)24(13-20(25,3)4)18-22-11-16(12-23-18)6-5-15-7-9-17(21)10-8-15;1-4-24-18(25)23(13-19(24,2)3)17-21-11-15(12-22-17)6-5-14-7-9-16(20)10-8-14/h7-12,14H,13H2,1-4H3;7-12H,4,13H2,1-3H3. The first kappa shape index (κ1) is 36.4. The van der Waals surface area contributed by atoms with E-state index in [0.29, 0.717) is 53.8 Å². The molecule has 0 bridgehead atoms. The van der Waals surface area contributed by atoms with Gasteiger partial charge in [-0.2, -0.15) is 0 Å². The van der Waals surface area contributed by atoms with Gasteiger partial charge in [0.1, 0.15) is 11.6 Å². The molecule has 4 amide bonds. The average molecular weight is 691 g/mol. The van der Waals surface area contributed by atoms with E-state index >= 15 is 0 Å². The Morgan fingerprint density at radius 2 is 1.00 bits per heavy atom. The van der Waals surface area contributed by atoms with Crippen molar-refractivity contribution in [1.29, 1.82) is 0 Å². The van der Waals surface area contributed by atoms with Crippen LogP contribution in [0.4, 0.5) is 30.3 Å². The van der Waals surface area contributed by atoms with Gasteiger partial charge in [0.05, 0.1) is 35.3 Å². The fourth-order valence-corrected chi connectivity index (χ4v) is 6.07. The number of benzene rings is 2. The van der Waals surface area contributed by atoms with Gasteiger partial charge >= 0.3 is 12.1 Å². The van der Waals surface area contributed by atoms with Crippen molar-refractivity contribution >= 4 is 24.0 Å². The molecule has 2 aromatic carbocycles. The third-order valence-corrected chi connectivity index (χ3v) is 8.35. The predicted octanol–water partition coefficient (Wildman–Crippen LogP) is 6.50. The minimum absolute atomic E-state index is 0.0855. The van der Waals surface area contributed by atoms with Crippen LogP contribution in [0.25, 0.3) is 0 Å². The molecule has 0 atom stereocenters. The Kier molecular flexibility index (Phi) is 10.7. The number of hydrogen-bond acceptors (Lipinski definition) is 6. The summed E-state index contributed by atoms with van der Waals surface area (Å²) in [6.45, 7) is 15.8. The number of anilines is 2. The minimum Gasteiger partial charge on any atom is -0.318 e. The van der Waals surface area contributed by atoms with Crippen LogP contribution in [0.15, 0.2) is 73.3 Å². The Hall–Kier alpha value is -5.88. The van der Waals surface area contributed by atoms with Crippen LogP contribution in [0, 0.1) is 35.3 Å². The summed E-state index contributed by atoms with van der Waals surface area (Å²) in [5.41, 5.74) is 2.14. The zero-order valence-electron chi connectivity index (χ0n) is 29.8. The second-order valence-corrected chi connectivity index (χ2v) is 13.6. The average Bonchev–Trinajstić information content (AvgIpc) is 3.49. The summed E-state index contributed by atoms with van der Waals surface area (Å²) in [5, 5.41) is 0. The molecule has 0 N–H and O–H groups in total. The van der Waals surface area contributed by atoms with Crippen LogP contribution in [0.1, 0.15) is 70.7 Å². The lowest BCUT2D eigenvalue weighted by Crippen LogP contribution is -2.46. The van der Waals surface area contributed by atoms with Gasteiger partial charge in [0.15, 0.2) is 0 Å². The number of carbonyl (C=O) groups excluding carboxylic acids is 2. The summed E-state index contributed by atoms with van der Waals surface area (Å²) in [4.78, 5) is 49.2. The molecule has 2 aromatic heterocycles. The number of rotatable bonds is 4. The maximum absolute atomic E-state index is 12.9. The van der Waals surface area contributed by atoms with Crippen LogP contribution in [-0.2, 0) is 0 Å². The Morgan fingerprint density at radius 1 is 0.627 bits per heavy atom. The first-order valence-electron chi connectivity index (χ1n) is 16.6. The molecule has 2 aliphatic heterocycles. The van der Waals surface area contributed by atoms with Crippen molar-refractivity contribution in [3.8, 4) is 23.7 Å². The van der Waals surface area contributed by atoms with E-state index in [1.807, 2.05) is 53.4 Å². The summed E-state index contributed by atoms with van der Waals surface area (Å²) in [5.74, 6) is 11.9. The van der Waals surface area contributed by atoms with Gasteiger partial charge in [-0.25, -0.2) is 38.3 Å². The SMILES string of the molecule is CC(C)N1C(=O)N(c2ncc(C#Cc3ccc(F)cc3)cn2)CC1(C)C.CCN1C(=O)N(c2ncc(C#Cc3ccc(F)cc3)cn2)CC1(C)C. The van der Waals surface area contributed by atoms with Crippen LogP contribution >= 0.6 is 0 Å². The molecular weight excluding hydrogens is 650 g/mol. The number of halogens is 2. The van der Waals surface area contributed by atoms with Crippen LogP contribution in [0.5, 0.6) is 0 Å². The van der Waals surface area contributed by atoms with Gasteiger partial charge in [-0.1, -0.05) is 23.7 Å². The molecule has 0 spiro atoms. The predicted molar refractivity (Wildman–Crippen MR) is 192 cm³/mol. The Balaban J connectivity index is 0.000000198. The quantitative estimate of drug-likeness (QED) is 0.227. The molecular formula is C39H40F2N8O2. The van der Waals surface area contributed by atoms with Gasteiger partial charge in [0.25, 0.3) is 0 Å². The Bertz CT molecular complexity index is 1990. The highest BCUT2D eigenvalue weighted by Gasteiger charge is 2.46. The van der Waals surface area contributed by atoms with Gasteiger partial charge in [0, 0.05) is 48.5 Å². The van der Waals surface area contributed by atoms with Crippen molar-refractivity contribution in [3.05, 3.63) is 107 Å². The maximum atomic E-state index is 12.9. The van der Waals surface area contributed by atoms with Crippen molar-refractivity contribution in [2.24, 2.45) is 0 Å². The highest BCUT2D eigenvalue weighted by molar-refractivity contribution is 5.94. The summed E-state index contributed by atoms with van der Waals surface area (Å²) in [6, 6.07) is 11.8. The summed E-state index contributed by atoms with van der Waals surface area (Å²) in [7, 11) is 0. The monoisotopic (exact) mass is 690 g/mol. The van der Waals surface area contributed by atoms with Crippen molar-refractivity contribution in [2.45, 2.75) is 65.6 Å². The third kappa shape index (κ3) is 8.47. The summed E-state index contributed by atoms with van der Waals surface area (Å²) < 4.78 is 25.8. The molecule has 10 nitrogen and oxygen atoms in total. The van der Waals surface area contributed by atoms with E-state index in [0.717, 1.165) is 0 Å². The van der Waals surface area contributed by atoms with Gasteiger partial charge in [-0.3, -0.25) is 9.80 Å². The van der Waals surface area contributed by atoms with Gasteiger partial charge in [-0.05, 0) is 97.0 Å². The number of hydrogen-bond donors (Lipinski definition) is 0. The zero-order chi connectivity index (χ0) is 36.9. The molecule has 0 radical (unpaired) electrons. The number of likely N-dealkylation sites (N-methyl/N-ethyl adjacent to an activating group) is 1. The molecule has 0 unspecified atom stereocenters. The second kappa shape index (κ2) is 14.9. The number of urea groups is 2. The smallest absolute Gasteiger partial charge is 0.318 e. The molecule has 51 heavy (non-hydrogen) atoms. The van der Waals surface area contributed by atoms with Gasteiger partial charge < -0.3 is 9.80 Å². The molecule has 4 aromatic rings. The third-order valence-electron chi connectivity index (χ3n) is 8.35. The van der Waals surface area contributed by atoms with Crippen molar-refractivity contribution in [3.63, 3.8) is 0 Å². The van der Waals surface area contributed by atoms with Gasteiger partial charge in [-0.15, -0.1) is 0 Å². The van der Waals surface area contributed by atoms with Crippen molar-refractivity contribution in [1.82, 2.24) is 29.7 Å². The van der Waals surface area contributed by atoms with Crippen LogP contribution in [0.2, 0.25) is 0 Å². The topological polar surface area (TPSA) is 98.7 Å². The van der Waals surface area contributed by atoms with E-state index in [1.54, 1.807) is 63.8 Å². The maximum Gasteiger partial charge on any atom is 0.327 e. The van der Waals surface area contributed by atoms with Crippen molar-refractivity contribution < 1.29 is 18.4 Å². The molecule has 262 valence electrons. The zero-order valence-corrected chi connectivity index (χ0v) is 29.8. The largest absolute Gasteiger partial charge is 0.327 e. The molecule has 6 rings (SSSR count). The van der Waals surface area contributed by atoms with E-state index in [2.05, 4.69) is 43.6 Å². The van der Waals surface area contributed by atoms with Crippen LogP contribution in [0.3, 0.4) is 0 Å². The van der Waals surface area contributed by atoms with E-state index in [4.69, 9.17) is 0 Å². The lowest BCUT2D eigenvalue weighted by molar-refractivity contribution is 0.152. The summed E-state index contributed by atoms with van der Waals surface area (Å²) in [6.07, 6.45) is 6.37. The molecule has 2 aliphatic rings. The lowest BCUT2D eigenvalue weighted by Gasteiger charge is -2.32. The normalized spacial score (nSPS) is 16.0. The van der Waals surface area contributed by atoms with E-state index in [-0.39, 0.29) is 40.8 Å². The second-order valence-electron chi connectivity index (χ2n) is 13.6. The fraction of sp³-hybridized carbons (Fsp3) is 0.333. The highest BCUT2D eigenvalue weighted by Crippen LogP contribution is 2.31. The summed E-state index contributed by atoms with van der Waals surface area (Å²) >= 11 is 0. The molecule has 12 heteroatoms. The van der Waals surface area contributed by atoms with E-state index in [9.17, 15) is 18.4 Å². The molecule has 2 fully saturated rings. The fourth-order valence-electron chi connectivity index (χ4n) is 6.07.